The second kappa shape index (κ2) is 10.4. The molecule has 0 atom stereocenters. The Morgan fingerprint density at radius 3 is 1.73 bits per heavy atom. The number of nitrogens with zero attached hydrogens (tertiary/aromatic N) is 6. The number of hydrogen-bond donors (Lipinski definition) is 0. The van der Waals surface area contributed by atoms with Crippen LogP contribution in [0.1, 0.15) is 27.8 Å². The Morgan fingerprint density at radius 1 is 0.682 bits per heavy atom. The van der Waals surface area contributed by atoms with Gasteiger partial charge in [0.05, 0.1) is 33.7 Å². The van der Waals surface area contributed by atoms with Crippen LogP contribution in [0.5, 0.6) is 0 Å². The smallest absolute Gasteiger partial charge is 0.237 e. The summed E-state index contributed by atoms with van der Waals surface area (Å²) in [5, 5.41) is 23.8. The van der Waals surface area contributed by atoms with Gasteiger partial charge >= 0.3 is 12.4 Å². The van der Waals surface area contributed by atoms with E-state index in [0.717, 1.165) is 11.1 Å². The highest BCUT2D eigenvalue weighted by atomic mass is 19.4. The maximum Gasteiger partial charge on any atom is 0.416 e. The molecule has 214 valence electrons. The Morgan fingerprint density at radius 2 is 1.23 bits per heavy atom. The molecule has 0 bridgehead atoms. The monoisotopic (exact) mass is 596 g/mol. The van der Waals surface area contributed by atoms with Gasteiger partial charge in [-0.15, -0.1) is 4.95 Å². The fourth-order valence-electron chi connectivity index (χ4n) is 5.49. The molecule has 0 heterocycles. The first kappa shape index (κ1) is 29.5. The largest absolute Gasteiger partial charge is 0.416 e. The summed E-state index contributed by atoms with van der Waals surface area (Å²) in [4.78, 5) is 10.6. The van der Waals surface area contributed by atoms with Crippen molar-refractivity contribution < 1.29 is 26.3 Å². The van der Waals surface area contributed by atoms with E-state index in [1.165, 1.54) is 12.1 Å². The molecule has 0 N–H and O–H groups in total. The first-order valence-corrected chi connectivity index (χ1v) is 12.5. The van der Waals surface area contributed by atoms with E-state index in [9.17, 15) is 36.9 Å². The van der Waals surface area contributed by atoms with E-state index in [1.54, 1.807) is 18.3 Å². The van der Waals surface area contributed by atoms with E-state index < -0.39 is 34.6 Å². The van der Waals surface area contributed by atoms with Crippen LogP contribution in [0, 0.1) is 49.8 Å². The number of fused-ring (bicyclic) bond motifs is 2. The van der Waals surface area contributed by atoms with Crippen molar-refractivity contribution in [1.82, 2.24) is 0 Å². The van der Waals surface area contributed by atoms with Gasteiger partial charge in [0.1, 0.15) is 6.07 Å². The fourth-order valence-corrected chi connectivity index (χ4v) is 5.49. The van der Waals surface area contributed by atoms with Gasteiger partial charge < -0.3 is 0 Å². The van der Waals surface area contributed by atoms with E-state index in [-0.39, 0.29) is 49.6 Å². The van der Waals surface area contributed by atoms with E-state index in [4.69, 9.17) is 13.1 Å². The molecule has 0 fully saturated rings. The molecule has 0 amide bonds. The number of hydrogen-bond acceptors (Lipinski definition) is 4. The van der Waals surface area contributed by atoms with Crippen LogP contribution in [0.15, 0.2) is 58.6 Å². The number of halogens is 6. The molecule has 5 aromatic carbocycles. The lowest BCUT2D eigenvalue weighted by Crippen LogP contribution is -2.12. The van der Waals surface area contributed by atoms with E-state index in [2.05, 4.69) is 19.9 Å². The average Bonchev–Trinajstić information content (AvgIpc) is 3.41. The topological polar surface area (TPSA) is 81.0 Å². The summed E-state index contributed by atoms with van der Waals surface area (Å²) in [5.74, 6) is 0. The molecule has 5 rings (SSSR count). The zero-order chi connectivity index (χ0) is 32.1. The van der Waals surface area contributed by atoms with Gasteiger partial charge in [-0.1, -0.05) is 35.4 Å². The molecule has 0 spiro atoms. The Kier molecular flexibility index (Phi) is 6.96. The molecule has 0 saturated carbocycles. The summed E-state index contributed by atoms with van der Waals surface area (Å²) >= 11 is 0. The predicted molar refractivity (Wildman–Crippen MR) is 148 cm³/mol. The fraction of sp³-hybridized carbons (Fsp3) is 0.125. The molecule has 0 unspecified atom stereocenters. The lowest BCUT2D eigenvalue weighted by atomic mass is 9.98. The Labute approximate surface area is 245 Å². The van der Waals surface area contributed by atoms with Crippen LogP contribution in [-0.2, 0) is 12.4 Å². The minimum atomic E-state index is -5.16. The van der Waals surface area contributed by atoms with Crippen LogP contribution in [0.3, 0.4) is 0 Å². The predicted octanol–water partition coefficient (Wildman–Crippen LogP) is 8.40. The molecule has 0 radical (unpaired) electrons. The van der Waals surface area contributed by atoms with Gasteiger partial charge in [-0.2, -0.15) is 48.4 Å². The summed E-state index contributed by atoms with van der Waals surface area (Å²) in [6, 6.07) is 11.0. The Balaban J connectivity index is 1.99. The van der Waals surface area contributed by atoms with Crippen molar-refractivity contribution >= 4 is 27.2 Å². The van der Waals surface area contributed by atoms with Crippen LogP contribution in [0.25, 0.3) is 53.6 Å². The maximum atomic E-state index is 13.7. The van der Waals surface area contributed by atoms with Gasteiger partial charge in [0.25, 0.3) is 0 Å². The molecule has 0 aliphatic rings. The van der Waals surface area contributed by atoms with Crippen molar-refractivity contribution in [2.45, 2.75) is 26.2 Å². The minimum Gasteiger partial charge on any atom is -0.237 e. The van der Waals surface area contributed by atoms with Gasteiger partial charge in [-0.05, 0) is 60.0 Å². The highest BCUT2D eigenvalue weighted by Gasteiger charge is 2.38. The first-order valence-electron chi connectivity index (χ1n) is 12.5. The molecule has 0 aliphatic heterocycles. The second-order valence-corrected chi connectivity index (χ2v) is 9.92. The maximum absolute atomic E-state index is 13.7. The summed E-state index contributed by atoms with van der Waals surface area (Å²) in [5.41, 5.74) is -1.81. The van der Waals surface area contributed by atoms with Gasteiger partial charge in [-0.25, -0.2) is 4.85 Å². The second-order valence-electron chi connectivity index (χ2n) is 9.92. The number of rotatable bonds is 2. The van der Waals surface area contributed by atoms with Crippen molar-refractivity contribution in [2.24, 2.45) is 10.1 Å². The van der Waals surface area contributed by atoms with Gasteiger partial charge in [0.2, 0.25) is 11.9 Å². The Bertz CT molecular complexity index is 2270. The molecule has 0 aromatic heterocycles. The Hall–Kier alpha value is -5.98. The lowest BCUT2D eigenvalue weighted by molar-refractivity contribution is -0.143. The number of alkyl halides is 6. The standard InChI is InChI=1S/C32H14F6N6/c1-15-5-16(2)7-17(6-15)27-28(41-3)23-12-22-21(11-24(23)29(27)43-14-40)25(13-39)26(30(22)44-42-4)18-8-19(31(33,34)35)10-20(9-18)32(36,37)38/h5-12H,1-2H3/b43-29?,44-30+. The zero-order valence-electron chi connectivity index (χ0n) is 22.6. The molecular weight excluding hydrogens is 582 g/mol. The summed E-state index contributed by atoms with van der Waals surface area (Å²) < 4.78 is 82.2. The third-order valence-electron chi connectivity index (χ3n) is 7.07. The highest BCUT2D eigenvalue weighted by molar-refractivity contribution is 6.13. The highest BCUT2D eigenvalue weighted by Crippen LogP contribution is 2.42. The van der Waals surface area contributed by atoms with Crippen molar-refractivity contribution in [3.8, 4) is 34.5 Å². The average molecular weight is 596 g/mol. The van der Waals surface area contributed by atoms with Gasteiger partial charge in [-0.3, -0.25) is 0 Å². The summed E-state index contributed by atoms with van der Waals surface area (Å²) in [6.45, 7) is 19.0. The number of nitriles is 2. The van der Waals surface area contributed by atoms with Crippen molar-refractivity contribution in [3.63, 3.8) is 0 Å². The van der Waals surface area contributed by atoms with Crippen LogP contribution in [-0.4, -0.2) is 0 Å². The van der Waals surface area contributed by atoms with Gasteiger partial charge in [0, 0.05) is 21.9 Å². The van der Waals surface area contributed by atoms with Crippen molar-refractivity contribution in [1.29, 1.82) is 10.5 Å². The lowest BCUT2D eigenvalue weighted by Gasteiger charge is -2.14. The molecular formula is C32H14F6N6. The van der Waals surface area contributed by atoms with E-state index in [1.807, 2.05) is 26.0 Å². The van der Waals surface area contributed by atoms with E-state index in [0.29, 0.717) is 23.3 Å². The zero-order valence-corrected chi connectivity index (χ0v) is 22.6. The molecule has 0 saturated heterocycles. The summed E-state index contributed by atoms with van der Waals surface area (Å²) in [7, 11) is 0. The number of benzene rings is 3. The SMILES string of the molecule is [C-]#[N+]/N=c1/c(-c2cc(C(F)(F)F)cc(C(F)(F)F)c2)c(C#N)c2cc3c(=NC#N)c(-c4cc(C)cc(C)c4)c([N+]#[C-])c3cc12. The summed E-state index contributed by atoms with van der Waals surface area (Å²) in [6.07, 6.45) is -8.60. The van der Waals surface area contributed by atoms with Crippen molar-refractivity contribution in [2.75, 3.05) is 0 Å². The van der Waals surface area contributed by atoms with E-state index >= 15 is 0 Å². The normalized spacial score (nSPS) is 12.7. The minimum absolute atomic E-state index is 0.0373. The molecule has 44 heavy (non-hydrogen) atoms. The number of aryl methyl sites for hydroxylation is 2. The van der Waals surface area contributed by atoms with Crippen LogP contribution < -0.4 is 10.7 Å². The van der Waals surface area contributed by atoms with Crippen LogP contribution >= 0.6 is 0 Å². The van der Waals surface area contributed by atoms with Crippen molar-refractivity contribution in [3.05, 3.63) is 110 Å². The van der Waals surface area contributed by atoms with Gasteiger partial charge in [0.15, 0.2) is 5.36 Å². The first-order chi connectivity index (χ1) is 20.7. The molecule has 12 heteroatoms. The van der Waals surface area contributed by atoms with Crippen LogP contribution in [0.2, 0.25) is 0 Å². The quantitative estimate of drug-likeness (QED) is 0.0888. The molecule has 6 nitrogen and oxygen atoms in total. The third-order valence-corrected chi connectivity index (χ3v) is 7.07. The molecule has 5 aromatic rings. The van der Waals surface area contributed by atoms with Crippen LogP contribution in [0.4, 0.5) is 32.0 Å². The third kappa shape index (κ3) is 4.79. The molecule has 0 aliphatic carbocycles.